The summed E-state index contributed by atoms with van der Waals surface area (Å²) in [4.78, 5) is 22.2. The number of primary amides is 1. The number of hydrogen-bond donors (Lipinski definition) is 1. The predicted octanol–water partition coefficient (Wildman–Crippen LogP) is 1.90. The van der Waals surface area contributed by atoms with Crippen molar-refractivity contribution in [3.8, 4) is 5.75 Å². The molecule has 2 rings (SSSR count). The second-order valence-electron chi connectivity index (χ2n) is 3.98. The van der Waals surface area contributed by atoms with Crippen molar-refractivity contribution in [3.63, 3.8) is 0 Å². The van der Waals surface area contributed by atoms with Crippen LogP contribution in [0.4, 0.5) is 0 Å². The van der Waals surface area contributed by atoms with Gasteiger partial charge in [0, 0.05) is 0 Å². The van der Waals surface area contributed by atoms with Gasteiger partial charge in [0.2, 0.25) is 0 Å². The van der Waals surface area contributed by atoms with E-state index in [-0.39, 0.29) is 0 Å². The number of hydrogen-bond acceptors (Lipinski definition) is 3. The summed E-state index contributed by atoms with van der Waals surface area (Å²) in [6, 6.07) is 11.0. The molecule has 0 unspecified atom stereocenters. The molecular formula is C14H13NO3. The van der Waals surface area contributed by atoms with Gasteiger partial charge in [0.05, 0.1) is 5.56 Å². The lowest BCUT2D eigenvalue weighted by atomic mass is 10.0. The number of ether oxygens (including phenoxy) is 1. The Kier molecular flexibility index (Phi) is 3.28. The SMILES string of the molecule is C[C@H](Oc1ccc2ccccc2c1C=O)C(N)=O. The molecule has 2 aromatic carbocycles. The first kappa shape index (κ1) is 12.1. The molecule has 0 heterocycles. The van der Waals surface area contributed by atoms with E-state index in [1.54, 1.807) is 13.0 Å². The van der Waals surface area contributed by atoms with Gasteiger partial charge in [0.15, 0.2) is 12.4 Å². The van der Waals surface area contributed by atoms with Crippen LogP contribution in [0.2, 0.25) is 0 Å². The zero-order valence-corrected chi connectivity index (χ0v) is 9.92. The van der Waals surface area contributed by atoms with Crippen molar-refractivity contribution in [2.24, 2.45) is 5.73 Å². The fraction of sp³-hybridized carbons (Fsp3) is 0.143. The van der Waals surface area contributed by atoms with E-state index in [1.807, 2.05) is 30.3 Å². The molecule has 0 saturated heterocycles. The smallest absolute Gasteiger partial charge is 0.258 e. The Balaban J connectivity index is 2.51. The van der Waals surface area contributed by atoms with E-state index in [4.69, 9.17) is 10.5 Å². The zero-order valence-electron chi connectivity index (χ0n) is 9.92. The Bertz CT molecular complexity index is 607. The van der Waals surface area contributed by atoms with Crippen molar-refractivity contribution in [1.82, 2.24) is 0 Å². The maximum Gasteiger partial charge on any atom is 0.258 e. The predicted molar refractivity (Wildman–Crippen MR) is 68.6 cm³/mol. The molecule has 4 nitrogen and oxygen atoms in total. The molecule has 0 bridgehead atoms. The molecule has 18 heavy (non-hydrogen) atoms. The summed E-state index contributed by atoms with van der Waals surface area (Å²) in [6.45, 7) is 1.55. The van der Waals surface area contributed by atoms with Crippen LogP contribution >= 0.6 is 0 Å². The number of nitrogens with two attached hydrogens (primary N) is 1. The highest BCUT2D eigenvalue weighted by Crippen LogP contribution is 2.27. The molecule has 1 atom stereocenters. The summed E-state index contributed by atoms with van der Waals surface area (Å²) in [7, 11) is 0. The van der Waals surface area contributed by atoms with Gasteiger partial charge in [-0.15, -0.1) is 0 Å². The molecule has 0 fully saturated rings. The molecule has 0 radical (unpaired) electrons. The fourth-order valence-electron chi connectivity index (χ4n) is 1.75. The molecule has 1 amide bonds. The van der Waals surface area contributed by atoms with Gasteiger partial charge in [-0.05, 0) is 23.8 Å². The first-order chi connectivity index (χ1) is 8.63. The van der Waals surface area contributed by atoms with E-state index in [1.165, 1.54) is 0 Å². The average molecular weight is 243 g/mol. The second kappa shape index (κ2) is 4.87. The van der Waals surface area contributed by atoms with Crippen LogP contribution in [0, 0.1) is 0 Å². The molecule has 0 aliphatic heterocycles. The van der Waals surface area contributed by atoms with Crippen LogP contribution in [0.25, 0.3) is 10.8 Å². The Morgan fingerprint density at radius 2 is 2.00 bits per heavy atom. The monoisotopic (exact) mass is 243 g/mol. The summed E-state index contributed by atoms with van der Waals surface area (Å²) < 4.78 is 5.40. The first-order valence-electron chi connectivity index (χ1n) is 5.56. The zero-order chi connectivity index (χ0) is 13.1. The molecule has 2 N–H and O–H groups in total. The quantitative estimate of drug-likeness (QED) is 0.834. The molecule has 2 aromatic rings. The standard InChI is InChI=1S/C14H13NO3/c1-9(14(15)17)18-13-7-6-10-4-2-3-5-11(10)12(13)8-16/h2-9H,1H3,(H2,15,17)/t9-/m0/s1. The molecular weight excluding hydrogens is 230 g/mol. The van der Waals surface area contributed by atoms with Gasteiger partial charge in [0.1, 0.15) is 5.75 Å². The normalized spacial score (nSPS) is 12.1. The van der Waals surface area contributed by atoms with Crippen molar-refractivity contribution in [2.75, 3.05) is 0 Å². The number of carbonyl (C=O) groups excluding carboxylic acids is 2. The van der Waals surface area contributed by atoms with Gasteiger partial charge in [-0.3, -0.25) is 9.59 Å². The van der Waals surface area contributed by atoms with Crippen molar-refractivity contribution in [3.05, 3.63) is 42.0 Å². The van der Waals surface area contributed by atoms with E-state index < -0.39 is 12.0 Å². The third-order valence-corrected chi connectivity index (χ3v) is 2.75. The highest BCUT2D eigenvalue weighted by atomic mass is 16.5. The van der Waals surface area contributed by atoms with Gasteiger partial charge in [-0.25, -0.2) is 0 Å². The minimum Gasteiger partial charge on any atom is -0.480 e. The third-order valence-electron chi connectivity index (χ3n) is 2.75. The van der Waals surface area contributed by atoms with Crippen LogP contribution < -0.4 is 10.5 Å². The Labute approximate surface area is 104 Å². The number of rotatable bonds is 4. The molecule has 0 saturated carbocycles. The maximum atomic E-state index is 11.2. The van der Waals surface area contributed by atoms with E-state index in [9.17, 15) is 9.59 Å². The van der Waals surface area contributed by atoms with Crippen LogP contribution in [-0.4, -0.2) is 18.3 Å². The van der Waals surface area contributed by atoms with Crippen LogP contribution in [0.1, 0.15) is 17.3 Å². The fourth-order valence-corrected chi connectivity index (χ4v) is 1.75. The molecule has 92 valence electrons. The van der Waals surface area contributed by atoms with Crippen molar-refractivity contribution >= 4 is 23.0 Å². The Morgan fingerprint density at radius 1 is 1.28 bits per heavy atom. The van der Waals surface area contributed by atoms with Crippen molar-refractivity contribution in [1.29, 1.82) is 0 Å². The second-order valence-corrected chi connectivity index (χ2v) is 3.98. The summed E-state index contributed by atoms with van der Waals surface area (Å²) >= 11 is 0. The van der Waals surface area contributed by atoms with Crippen LogP contribution in [0.3, 0.4) is 0 Å². The largest absolute Gasteiger partial charge is 0.480 e. The van der Waals surface area contributed by atoms with E-state index in [2.05, 4.69) is 0 Å². The summed E-state index contributed by atoms with van der Waals surface area (Å²) in [5, 5.41) is 1.74. The van der Waals surface area contributed by atoms with Crippen molar-refractivity contribution in [2.45, 2.75) is 13.0 Å². The minimum absolute atomic E-state index is 0.370. The lowest BCUT2D eigenvalue weighted by Crippen LogP contribution is -2.30. The van der Waals surface area contributed by atoms with Crippen LogP contribution in [-0.2, 0) is 4.79 Å². The molecule has 4 heteroatoms. The Morgan fingerprint density at radius 3 is 2.67 bits per heavy atom. The highest BCUT2D eigenvalue weighted by molar-refractivity contribution is 6.00. The summed E-state index contributed by atoms with van der Waals surface area (Å²) in [5.74, 6) is -0.199. The van der Waals surface area contributed by atoms with Gasteiger partial charge < -0.3 is 10.5 Å². The van der Waals surface area contributed by atoms with Gasteiger partial charge in [0.25, 0.3) is 5.91 Å². The highest BCUT2D eigenvalue weighted by Gasteiger charge is 2.14. The third kappa shape index (κ3) is 2.18. The number of carbonyl (C=O) groups is 2. The van der Waals surface area contributed by atoms with Gasteiger partial charge in [-0.2, -0.15) is 0 Å². The Hall–Kier alpha value is -2.36. The topological polar surface area (TPSA) is 69.4 Å². The van der Waals surface area contributed by atoms with E-state index in [0.717, 1.165) is 17.1 Å². The summed E-state index contributed by atoms with van der Waals surface area (Å²) in [6.07, 6.45) is -0.0457. The number of benzene rings is 2. The van der Waals surface area contributed by atoms with Gasteiger partial charge >= 0.3 is 0 Å². The first-order valence-corrected chi connectivity index (χ1v) is 5.56. The van der Waals surface area contributed by atoms with Crippen LogP contribution in [0.5, 0.6) is 5.75 Å². The molecule has 0 aliphatic rings. The minimum atomic E-state index is -0.773. The summed E-state index contributed by atoms with van der Waals surface area (Å²) in [5.41, 5.74) is 5.57. The van der Waals surface area contributed by atoms with Crippen molar-refractivity contribution < 1.29 is 14.3 Å². The van der Waals surface area contributed by atoms with E-state index >= 15 is 0 Å². The van der Waals surface area contributed by atoms with Crippen LogP contribution in [0.15, 0.2) is 36.4 Å². The lowest BCUT2D eigenvalue weighted by Gasteiger charge is -2.14. The van der Waals surface area contributed by atoms with Gasteiger partial charge in [-0.1, -0.05) is 30.3 Å². The number of fused-ring (bicyclic) bond motifs is 1. The van der Waals surface area contributed by atoms with E-state index in [0.29, 0.717) is 11.3 Å². The maximum absolute atomic E-state index is 11.2. The number of aldehydes is 1. The average Bonchev–Trinajstić information content (AvgIpc) is 2.38. The molecule has 0 aliphatic carbocycles. The molecule has 0 aromatic heterocycles. The lowest BCUT2D eigenvalue weighted by molar-refractivity contribution is -0.123. The number of amides is 1. The molecule has 0 spiro atoms.